The van der Waals surface area contributed by atoms with Gasteiger partial charge in [0.2, 0.25) is 0 Å². The first-order valence-electron chi connectivity index (χ1n) is 11.3. The molecule has 5 rings (SSSR count). The lowest BCUT2D eigenvalue weighted by Crippen LogP contribution is -2.54. The van der Waals surface area contributed by atoms with E-state index >= 15 is 0 Å². The molecule has 3 aliphatic heterocycles. The summed E-state index contributed by atoms with van der Waals surface area (Å²) < 4.78 is 2.18. The Morgan fingerprint density at radius 2 is 2.03 bits per heavy atom. The molecule has 30 heavy (non-hydrogen) atoms. The standard InChI is InChI=1S/C22H33N7O/c1-17-21(25-7-6-24-17)28-15-20(30)12-22(16-28)3-9-27(10-4-22)14-18-11-19-13-23-5-2-8-29(19)26-18/h6-7,11,20,23,30H,2-5,8-10,12-16H2,1H3. The first-order valence-corrected chi connectivity index (χ1v) is 11.3. The lowest BCUT2D eigenvalue weighted by molar-refractivity contribution is 0.0240. The fourth-order valence-electron chi connectivity index (χ4n) is 5.50. The van der Waals surface area contributed by atoms with Crippen LogP contribution in [0.1, 0.15) is 42.8 Å². The van der Waals surface area contributed by atoms with Crippen LogP contribution < -0.4 is 10.2 Å². The van der Waals surface area contributed by atoms with Gasteiger partial charge in [-0.15, -0.1) is 0 Å². The summed E-state index contributed by atoms with van der Waals surface area (Å²) in [4.78, 5) is 13.7. The van der Waals surface area contributed by atoms with E-state index in [1.807, 2.05) is 6.92 Å². The molecule has 0 aliphatic carbocycles. The molecule has 8 nitrogen and oxygen atoms in total. The van der Waals surface area contributed by atoms with E-state index < -0.39 is 0 Å². The van der Waals surface area contributed by atoms with Crippen LogP contribution in [0.4, 0.5) is 5.82 Å². The maximum absolute atomic E-state index is 10.6. The number of anilines is 1. The number of aliphatic hydroxyl groups is 1. The lowest BCUT2D eigenvalue weighted by Gasteiger charge is -2.49. The maximum atomic E-state index is 10.6. The monoisotopic (exact) mass is 411 g/mol. The van der Waals surface area contributed by atoms with Crippen molar-refractivity contribution in [3.8, 4) is 0 Å². The molecule has 0 amide bonds. The highest BCUT2D eigenvalue weighted by atomic mass is 16.3. The first-order chi connectivity index (χ1) is 14.6. The van der Waals surface area contributed by atoms with Gasteiger partial charge in [0.1, 0.15) is 5.82 Å². The van der Waals surface area contributed by atoms with Crippen LogP contribution in [-0.2, 0) is 19.6 Å². The van der Waals surface area contributed by atoms with Crippen LogP contribution in [0.3, 0.4) is 0 Å². The van der Waals surface area contributed by atoms with Gasteiger partial charge in [0.15, 0.2) is 0 Å². The molecule has 1 unspecified atom stereocenters. The van der Waals surface area contributed by atoms with E-state index in [1.54, 1.807) is 12.4 Å². The van der Waals surface area contributed by atoms with Gasteiger partial charge in [-0.05, 0) is 63.7 Å². The minimum atomic E-state index is -0.303. The number of nitrogens with zero attached hydrogens (tertiary/aromatic N) is 6. The minimum Gasteiger partial charge on any atom is -0.391 e. The average Bonchev–Trinajstić information content (AvgIpc) is 2.98. The predicted molar refractivity (Wildman–Crippen MR) is 115 cm³/mol. The van der Waals surface area contributed by atoms with Gasteiger partial charge in [-0.2, -0.15) is 5.10 Å². The van der Waals surface area contributed by atoms with E-state index in [2.05, 4.69) is 35.8 Å². The van der Waals surface area contributed by atoms with Crippen molar-refractivity contribution < 1.29 is 5.11 Å². The Balaban J connectivity index is 1.23. The number of rotatable bonds is 3. The van der Waals surface area contributed by atoms with Gasteiger partial charge in [0, 0.05) is 45.1 Å². The van der Waals surface area contributed by atoms with Gasteiger partial charge in [-0.1, -0.05) is 0 Å². The number of nitrogens with one attached hydrogen (secondary N) is 1. The molecule has 0 bridgehead atoms. The fourth-order valence-corrected chi connectivity index (χ4v) is 5.50. The number of likely N-dealkylation sites (tertiary alicyclic amines) is 1. The highest BCUT2D eigenvalue weighted by Crippen LogP contribution is 2.41. The Bertz CT molecular complexity index is 851. The molecule has 1 spiro atoms. The van der Waals surface area contributed by atoms with E-state index in [4.69, 9.17) is 5.10 Å². The zero-order chi connectivity index (χ0) is 20.6. The van der Waals surface area contributed by atoms with E-state index in [9.17, 15) is 5.11 Å². The van der Waals surface area contributed by atoms with Gasteiger partial charge in [0.05, 0.1) is 23.2 Å². The molecule has 5 heterocycles. The SMILES string of the molecule is Cc1nccnc1N1CC(O)CC2(CCN(Cc3cc4n(n3)CCCNC4)CC2)C1. The number of piperidine rings is 2. The summed E-state index contributed by atoms with van der Waals surface area (Å²) in [5.74, 6) is 0.922. The molecule has 8 heteroatoms. The van der Waals surface area contributed by atoms with Crippen molar-refractivity contribution in [2.75, 3.05) is 37.6 Å². The molecule has 2 saturated heterocycles. The van der Waals surface area contributed by atoms with Gasteiger partial charge in [-0.25, -0.2) is 4.98 Å². The highest BCUT2D eigenvalue weighted by Gasteiger charge is 2.42. The van der Waals surface area contributed by atoms with Crippen LogP contribution >= 0.6 is 0 Å². The summed E-state index contributed by atoms with van der Waals surface area (Å²) in [5.41, 5.74) is 3.59. The number of β-amino-alcohol motifs (C(OH)–C–C–N with tert-alkyl or cyclic N) is 1. The molecule has 0 saturated carbocycles. The van der Waals surface area contributed by atoms with E-state index in [0.717, 1.165) is 83.0 Å². The smallest absolute Gasteiger partial charge is 0.150 e. The van der Waals surface area contributed by atoms with Crippen molar-refractivity contribution in [1.82, 2.24) is 30.0 Å². The quantitative estimate of drug-likeness (QED) is 0.788. The second-order valence-electron chi connectivity index (χ2n) is 9.36. The zero-order valence-electron chi connectivity index (χ0n) is 17.9. The first kappa shape index (κ1) is 19.9. The van der Waals surface area contributed by atoms with E-state index in [1.165, 1.54) is 11.4 Å². The van der Waals surface area contributed by atoms with E-state index in [-0.39, 0.29) is 11.5 Å². The molecule has 0 aromatic carbocycles. The van der Waals surface area contributed by atoms with Crippen LogP contribution in [0.15, 0.2) is 18.5 Å². The Morgan fingerprint density at radius 3 is 2.87 bits per heavy atom. The maximum Gasteiger partial charge on any atom is 0.150 e. The van der Waals surface area contributed by atoms with E-state index in [0.29, 0.717) is 6.54 Å². The van der Waals surface area contributed by atoms with Crippen LogP contribution in [0, 0.1) is 12.3 Å². The number of aromatic nitrogens is 4. The van der Waals surface area contributed by atoms with Crippen molar-refractivity contribution in [3.63, 3.8) is 0 Å². The second-order valence-corrected chi connectivity index (χ2v) is 9.36. The number of hydrogen-bond donors (Lipinski definition) is 2. The van der Waals surface area contributed by atoms with Crippen LogP contribution in [-0.4, -0.2) is 68.6 Å². The normalized spacial score (nSPS) is 24.6. The topological polar surface area (TPSA) is 82.3 Å². The molecule has 2 aromatic rings. The van der Waals surface area contributed by atoms with Crippen molar-refractivity contribution >= 4 is 5.82 Å². The minimum absolute atomic E-state index is 0.160. The Morgan fingerprint density at radius 1 is 1.20 bits per heavy atom. The largest absolute Gasteiger partial charge is 0.391 e. The predicted octanol–water partition coefficient (Wildman–Crippen LogP) is 1.33. The third-order valence-electron chi connectivity index (χ3n) is 7.03. The van der Waals surface area contributed by atoms with Crippen LogP contribution in [0.5, 0.6) is 0 Å². The van der Waals surface area contributed by atoms with Crippen molar-refractivity contribution in [2.45, 2.75) is 58.3 Å². The summed E-state index contributed by atoms with van der Waals surface area (Å²) >= 11 is 0. The average molecular weight is 412 g/mol. The summed E-state index contributed by atoms with van der Waals surface area (Å²) in [6, 6.07) is 2.27. The van der Waals surface area contributed by atoms with Crippen molar-refractivity contribution in [3.05, 3.63) is 35.5 Å². The third-order valence-corrected chi connectivity index (χ3v) is 7.03. The molecule has 0 radical (unpaired) electrons. The highest BCUT2D eigenvalue weighted by molar-refractivity contribution is 5.43. The molecule has 2 fully saturated rings. The van der Waals surface area contributed by atoms with Gasteiger partial charge in [-0.3, -0.25) is 14.6 Å². The summed E-state index contributed by atoms with van der Waals surface area (Å²) in [6.07, 6.45) is 7.43. The second kappa shape index (κ2) is 8.24. The summed E-state index contributed by atoms with van der Waals surface area (Å²) in [6.45, 7) is 9.66. The van der Waals surface area contributed by atoms with Gasteiger partial charge in [0.25, 0.3) is 0 Å². The van der Waals surface area contributed by atoms with Gasteiger partial charge >= 0.3 is 0 Å². The number of aliphatic hydroxyl groups excluding tert-OH is 1. The zero-order valence-corrected chi connectivity index (χ0v) is 17.9. The number of aryl methyl sites for hydroxylation is 2. The number of hydrogen-bond acceptors (Lipinski definition) is 7. The lowest BCUT2D eigenvalue weighted by atomic mass is 9.71. The summed E-state index contributed by atoms with van der Waals surface area (Å²) in [7, 11) is 0. The Kier molecular flexibility index (Phi) is 5.47. The van der Waals surface area contributed by atoms with Crippen LogP contribution in [0.2, 0.25) is 0 Å². The molecule has 1 atom stereocenters. The van der Waals surface area contributed by atoms with Crippen molar-refractivity contribution in [2.24, 2.45) is 5.41 Å². The third kappa shape index (κ3) is 4.08. The number of fused-ring (bicyclic) bond motifs is 1. The molecular weight excluding hydrogens is 378 g/mol. The molecule has 2 aromatic heterocycles. The van der Waals surface area contributed by atoms with Gasteiger partial charge < -0.3 is 15.3 Å². The fraction of sp³-hybridized carbons (Fsp3) is 0.682. The Hall–Kier alpha value is -2.03. The molecule has 162 valence electrons. The van der Waals surface area contributed by atoms with Crippen LogP contribution in [0.25, 0.3) is 0 Å². The molecule has 2 N–H and O–H groups in total. The Labute approximate surface area is 178 Å². The molecular formula is C22H33N7O. The van der Waals surface area contributed by atoms with Crippen molar-refractivity contribution in [1.29, 1.82) is 0 Å². The molecule has 3 aliphatic rings. The summed E-state index contributed by atoms with van der Waals surface area (Å²) in [5, 5.41) is 19.0.